The number of likely N-dealkylation sites (tertiary alicyclic amines) is 1. The van der Waals surface area contributed by atoms with Crippen molar-refractivity contribution in [3.8, 4) is 0 Å². The van der Waals surface area contributed by atoms with Crippen LogP contribution in [-0.2, 0) is 0 Å². The van der Waals surface area contributed by atoms with Crippen molar-refractivity contribution < 1.29 is 22.0 Å². The highest BCUT2D eigenvalue weighted by Gasteiger charge is 2.32. The predicted molar refractivity (Wildman–Crippen MR) is 112 cm³/mol. The molecule has 0 bridgehead atoms. The zero-order valence-corrected chi connectivity index (χ0v) is 18.3. The van der Waals surface area contributed by atoms with Crippen LogP contribution in [0.4, 0.5) is 22.0 Å². The van der Waals surface area contributed by atoms with E-state index in [9.17, 15) is 22.0 Å². The van der Waals surface area contributed by atoms with Gasteiger partial charge in [-0.05, 0) is 64.5 Å². The Morgan fingerprint density at radius 2 is 1.77 bits per heavy atom. The van der Waals surface area contributed by atoms with Crippen LogP contribution in [0.15, 0.2) is 23.2 Å². The Morgan fingerprint density at radius 1 is 1.16 bits per heavy atom. The highest BCUT2D eigenvalue weighted by Crippen LogP contribution is 2.25. The molecule has 1 aliphatic rings. The van der Waals surface area contributed by atoms with Crippen LogP contribution in [-0.4, -0.2) is 75.8 Å². The fourth-order valence-electron chi connectivity index (χ4n) is 3.87. The van der Waals surface area contributed by atoms with E-state index in [1.165, 1.54) is 23.1 Å². The quantitative estimate of drug-likeness (QED) is 0.363. The van der Waals surface area contributed by atoms with E-state index >= 15 is 0 Å². The summed E-state index contributed by atoms with van der Waals surface area (Å²) in [6.07, 6.45) is -1.86. The number of halogens is 5. The Labute approximate surface area is 180 Å². The molecule has 2 rings (SSSR count). The molecule has 1 unspecified atom stereocenters. The monoisotopic (exact) mass is 449 g/mol. The van der Waals surface area contributed by atoms with Gasteiger partial charge in [0.05, 0.1) is 12.6 Å². The first kappa shape index (κ1) is 25.3. The molecule has 0 aromatic heterocycles. The van der Waals surface area contributed by atoms with Crippen LogP contribution in [0.5, 0.6) is 0 Å². The second-order valence-electron chi connectivity index (χ2n) is 8.12. The van der Waals surface area contributed by atoms with Gasteiger partial charge in [-0.1, -0.05) is 6.07 Å². The molecular formula is C21H32F5N5. The van der Waals surface area contributed by atoms with E-state index < -0.39 is 30.4 Å². The lowest BCUT2D eigenvalue weighted by molar-refractivity contribution is -0.148. The molecule has 2 N–H and O–H groups in total. The highest BCUT2D eigenvalue weighted by atomic mass is 19.4. The van der Waals surface area contributed by atoms with Crippen molar-refractivity contribution in [2.24, 2.45) is 10.9 Å². The van der Waals surface area contributed by atoms with E-state index in [-0.39, 0.29) is 12.1 Å². The Morgan fingerprint density at radius 3 is 2.29 bits per heavy atom. The van der Waals surface area contributed by atoms with Crippen molar-refractivity contribution in [1.29, 1.82) is 0 Å². The lowest BCUT2D eigenvalue weighted by Crippen LogP contribution is -2.43. The number of hydrogen-bond donors (Lipinski definition) is 2. The largest absolute Gasteiger partial charge is 0.401 e. The van der Waals surface area contributed by atoms with Crippen molar-refractivity contribution in [2.45, 2.75) is 31.5 Å². The number of piperidine rings is 1. The molecule has 1 saturated heterocycles. The number of alkyl halides is 3. The van der Waals surface area contributed by atoms with Gasteiger partial charge < -0.3 is 15.5 Å². The number of benzene rings is 1. The topological polar surface area (TPSA) is 42.9 Å². The Hall–Kier alpha value is -1.94. The molecule has 1 aromatic rings. The van der Waals surface area contributed by atoms with Crippen molar-refractivity contribution in [2.75, 3.05) is 53.9 Å². The van der Waals surface area contributed by atoms with E-state index in [0.29, 0.717) is 31.5 Å². The molecule has 0 saturated carbocycles. The van der Waals surface area contributed by atoms with Gasteiger partial charge in [0.15, 0.2) is 5.96 Å². The van der Waals surface area contributed by atoms with Gasteiger partial charge in [-0.3, -0.25) is 9.89 Å². The molecule has 0 aliphatic carbocycles. The Balaban J connectivity index is 1.78. The van der Waals surface area contributed by atoms with Crippen molar-refractivity contribution >= 4 is 5.96 Å². The van der Waals surface area contributed by atoms with Crippen LogP contribution in [0.3, 0.4) is 0 Å². The summed E-state index contributed by atoms with van der Waals surface area (Å²) in [5.74, 6) is -0.323. The summed E-state index contributed by atoms with van der Waals surface area (Å²) in [5.41, 5.74) is 0.000990. The van der Waals surface area contributed by atoms with Gasteiger partial charge in [-0.2, -0.15) is 13.2 Å². The van der Waals surface area contributed by atoms with Crippen molar-refractivity contribution in [3.05, 3.63) is 35.4 Å². The van der Waals surface area contributed by atoms with Gasteiger partial charge in [-0.15, -0.1) is 0 Å². The molecule has 5 nitrogen and oxygen atoms in total. The second kappa shape index (κ2) is 11.6. The van der Waals surface area contributed by atoms with Crippen molar-refractivity contribution in [1.82, 2.24) is 20.4 Å². The summed E-state index contributed by atoms with van der Waals surface area (Å²) in [6, 6.07) is 3.28. The molecule has 0 amide bonds. The van der Waals surface area contributed by atoms with E-state index in [0.717, 1.165) is 19.3 Å². The number of rotatable bonds is 8. The summed E-state index contributed by atoms with van der Waals surface area (Å²) in [7, 11) is 5.11. The van der Waals surface area contributed by atoms with E-state index in [1.54, 1.807) is 26.0 Å². The van der Waals surface area contributed by atoms with Crippen molar-refractivity contribution in [3.63, 3.8) is 0 Å². The molecule has 31 heavy (non-hydrogen) atoms. The van der Waals surface area contributed by atoms with Crippen LogP contribution in [0.2, 0.25) is 0 Å². The van der Waals surface area contributed by atoms with Crippen LogP contribution in [0, 0.1) is 17.6 Å². The first-order valence-electron chi connectivity index (χ1n) is 10.4. The third-order valence-electron chi connectivity index (χ3n) is 5.60. The summed E-state index contributed by atoms with van der Waals surface area (Å²) in [6.45, 7) is 0.931. The smallest absolute Gasteiger partial charge is 0.356 e. The van der Waals surface area contributed by atoms with Gasteiger partial charge in [0.1, 0.15) is 11.6 Å². The third kappa shape index (κ3) is 8.25. The maximum absolute atomic E-state index is 14.2. The molecule has 1 atom stereocenters. The molecule has 1 aliphatic heterocycles. The number of hydrogen-bond acceptors (Lipinski definition) is 3. The zero-order valence-electron chi connectivity index (χ0n) is 18.3. The molecule has 0 radical (unpaired) electrons. The molecule has 176 valence electrons. The maximum atomic E-state index is 14.2. The fourth-order valence-corrected chi connectivity index (χ4v) is 3.87. The van der Waals surface area contributed by atoms with Gasteiger partial charge in [0, 0.05) is 25.7 Å². The van der Waals surface area contributed by atoms with Gasteiger partial charge in [0.2, 0.25) is 0 Å². The lowest BCUT2D eigenvalue weighted by Gasteiger charge is -2.32. The van der Waals surface area contributed by atoms with E-state index in [2.05, 4.69) is 15.6 Å². The first-order chi connectivity index (χ1) is 14.6. The average Bonchev–Trinajstić information content (AvgIpc) is 2.68. The molecule has 1 aromatic carbocycles. The SMILES string of the molecule is CN=C(NCCC1CCN(CC(F)(F)F)CC1)NCC(c1c(F)cccc1F)N(C)C. The highest BCUT2D eigenvalue weighted by molar-refractivity contribution is 5.79. The Kier molecular flexibility index (Phi) is 9.49. The van der Waals surface area contributed by atoms with Crippen LogP contribution >= 0.6 is 0 Å². The van der Waals surface area contributed by atoms with Crippen LogP contribution in [0.1, 0.15) is 30.9 Å². The van der Waals surface area contributed by atoms with Gasteiger partial charge >= 0.3 is 6.18 Å². The summed E-state index contributed by atoms with van der Waals surface area (Å²) >= 11 is 0. The third-order valence-corrected chi connectivity index (χ3v) is 5.60. The Bertz CT molecular complexity index is 694. The summed E-state index contributed by atoms with van der Waals surface area (Å²) < 4.78 is 65.8. The number of aliphatic imine (C=N–C) groups is 1. The predicted octanol–water partition coefficient (Wildman–Crippen LogP) is 3.40. The summed E-state index contributed by atoms with van der Waals surface area (Å²) in [4.78, 5) is 7.33. The number of likely N-dealkylation sites (N-methyl/N-ethyl adjacent to an activating group) is 1. The normalized spacial score (nSPS) is 17.8. The number of guanidine groups is 1. The molecule has 10 heteroatoms. The molecular weight excluding hydrogens is 417 g/mol. The first-order valence-corrected chi connectivity index (χ1v) is 10.4. The number of nitrogens with zero attached hydrogens (tertiary/aromatic N) is 3. The van der Waals surface area contributed by atoms with Crippen LogP contribution < -0.4 is 10.6 Å². The van der Waals surface area contributed by atoms with E-state index in [4.69, 9.17) is 0 Å². The van der Waals surface area contributed by atoms with E-state index in [1.807, 2.05) is 0 Å². The molecule has 1 heterocycles. The summed E-state index contributed by atoms with van der Waals surface area (Å²) in [5, 5.41) is 6.29. The van der Waals surface area contributed by atoms with Crippen LogP contribution in [0.25, 0.3) is 0 Å². The molecule has 1 fully saturated rings. The lowest BCUT2D eigenvalue weighted by atomic mass is 9.93. The fraction of sp³-hybridized carbons (Fsp3) is 0.667. The molecule has 0 spiro atoms. The standard InChI is InChI=1S/C21H32F5N5/c1-27-20(28-10-7-15-8-11-31(12-9-15)14-21(24,25)26)29-13-18(30(2)3)19-16(22)5-4-6-17(19)23/h4-6,15,18H,7-14H2,1-3H3,(H2,27,28,29). The minimum atomic E-state index is -4.15. The maximum Gasteiger partial charge on any atom is 0.401 e. The second-order valence-corrected chi connectivity index (χ2v) is 8.12. The average molecular weight is 450 g/mol. The number of nitrogens with one attached hydrogen (secondary N) is 2. The van der Waals surface area contributed by atoms with Gasteiger partial charge in [0.25, 0.3) is 0 Å². The minimum absolute atomic E-state index is 0.000990. The minimum Gasteiger partial charge on any atom is -0.356 e. The zero-order chi connectivity index (χ0) is 23.0. The van der Waals surface area contributed by atoms with Gasteiger partial charge in [-0.25, -0.2) is 8.78 Å².